The summed E-state index contributed by atoms with van der Waals surface area (Å²) in [7, 11) is 0. The number of nitrogens with one attached hydrogen (secondary N) is 1. The molecule has 0 fully saturated rings. The van der Waals surface area contributed by atoms with Crippen LogP contribution < -0.4 is 5.32 Å². The molecule has 0 bridgehead atoms. The molecule has 1 amide bonds. The van der Waals surface area contributed by atoms with Gasteiger partial charge in [-0.1, -0.05) is 185 Å². The van der Waals surface area contributed by atoms with Crippen molar-refractivity contribution in [2.24, 2.45) is 0 Å². The van der Waals surface area contributed by atoms with E-state index in [1.807, 2.05) is 12.2 Å². The van der Waals surface area contributed by atoms with Gasteiger partial charge in [-0.2, -0.15) is 0 Å². The Morgan fingerprint density at radius 3 is 1.75 bits per heavy atom. The van der Waals surface area contributed by atoms with E-state index in [2.05, 4.69) is 74.7 Å². The van der Waals surface area contributed by atoms with Crippen molar-refractivity contribution >= 4 is 11.9 Å². The molecule has 3 unspecified atom stereocenters. The SMILES string of the molecule is CC/C=C/C=C/C=C\CCCCCCCC(=O)OC(/C=C/C/C=C\CCCCCCCC)CC(=O)NC(CO)C(O)CCCCCCCCCCC. The molecule has 0 radical (unpaired) electrons. The zero-order valence-corrected chi connectivity index (χ0v) is 33.9. The van der Waals surface area contributed by atoms with E-state index in [1.54, 1.807) is 0 Å². The fraction of sp³-hybridized carbons (Fsp3) is 0.739. The third kappa shape index (κ3) is 34.6. The standard InChI is InChI=1S/C46H81NO5/c1-4-7-10-13-16-19-21-22-24-27-30-33-36-39-46(51)52-42(37-34-31-28-26-23-20-17-14-11-8-5-2)40-45(50)47-43(41-48)44(49)38-35-32-29-25-18-15-12-9-6-3/h7,10,13,16,19,21,26,28,34,37,42-44,48-49H,4-6,8-9,11-12,14-15,17-18,20,22-25,27,29-33,35-36,38-41H2,1-3H3,(H,47,50)/b10-7+,16-13+,21-19-,28-26-,37-34+. The van der Waals surface area contributed by atoms with Gasteiger partial charge in [-0.15, -0.1) is 0 Å². The molecule has 0 aliphatic heterocycles. The molecule has 0 aliphatic rings. The van der Waals surface area contributed by atoms with Crippen molar-refractivity contribution in [1.29, 1.82) is 0 Å². The highest BCUT2D eigenvalue weighted by Gasteiger charge is 2.23. The molecule has 0 aromatic heterocycles. The average molecular weight is 728 g/mol. The van der Waals surface area contributed by atoms with Gasteiger partial charge in [0, 0.05) is 6.42 Å². The summed E-state index contributed by atoms with van der Waals surface area (Å²) in [4.78, 5) is 25.8. The maximum atomic E-state index is 13.0. The number of aliphatic hydroxyl groups is 2. The summed E-state index contributed by atoms with van der Waals surface area (Å²) in [5.74, 6) is -0.634. The number of carbonyl (C=O) groups is 2. The normalized spacial score (nSPS) is 14.0. The average Bonchev–Trinajstić information content (AvgIpc) is 3.13. The summed E-state index contributed by atoms with van der Waals surface area (Å²) in [5, 5.41) is 23.5. The van der Waals surface area contributed by atoms with E-state index in [9.17, 15) is 19.8 Å². The molecule has 0 rings (SSSR count). The van der Waals surface area contributed by atoms with E-state index in [-0.39, 0.29) is 24.9 Å². The summed E-state index contributed by atoms with van der Waals surface area (Å²) < 4.78 is 5.77. The Kier molecular flexibility index (Phi) is 37.9. The highest BCUT2D eigenvalue weighted by molar-refractivity contribution is 5.78. The first kappa shape index (κ1) is 49.6. The Morgan fingerprint density at radius 1 is 0.615 bits per heavy atom. The van der Waals surface area contributed by atoms with Crippen molar-refractivity contribution in [2.45, 2.75) is 212 Å². The maximum absolute atomic E-state index is 13.0. The number of rotatable bonds is 37. The minimum Gasteiger partial charge on any atom is -0.458 e. The molecular formula is C46H81NO5. The first-order chi connectivity index (χ1) is 25.5. The fourth-order valence-electron chi connectivity index (χ4n) is 6.10. The van der Waals surface area contributed by atoms with Crippen LogP contribution in [-0.2, 0) is 14.3 Å². The van der Waals surface area contributed by atoms with Crippen LogP contribution in [0.4, 0.5) is 0 Å². The van der Waals surface area contributed by atoms with Crippen LogP contribution in [0, 0.1) is 0 Å². The Bertz CT molecular complexity index is 952. The van der Waals surface area contributed by atoms with E-state index >= 15 is 0 Å². The molecular weight excluding hydrogens is 647 g/mol. The van der Waals surface area contributed by atoms with Gasteiger partial charge in [0.2, 0.25) is 5.91 Å². The van der Waals surface area contributed by atoms with Crippen molar-refractivity contribution in [3.63, 3.8) is 0 Å². The quantitative estimate of drug-likeness (QED) is 0.0256. The van der Waals surface area contributed by atoms with Crippen LogP contribution in [0.1, 0.15) is 194 Å². The lowest BCUT2D eigenvalue weighted by Gasteiger charge is -2.23. The number of hydrogen-bond donors (Lipinski definition) is 3. The van der Waals surface area contributed by atoms with Gasteiger partial charge < -0.3 is 20.3 Å². The van der Waals surface area contributed by atoms with Gasteiger partial charge >= 0.3 is 5.97 Å². The van der Waals surface area contributed by atoms with Crippen LogP contribution in [0.3, 0.4) is 0 Å². The minimum atomic E-state index is -0.812. The summed E-state index contributed by atoms with van der Waals surface area (Å²) >= 11 is 0. The largest absolute Gasteiger partial charge is 0.458 e. The van der Waals surface area contributed by atoms with Crippen molar-refractivity contribution in [2.75, 3.05) is 6.61 Å². The second-order valence-electron chi connectivity index (χ2n) is 14.4. The summed E-state index contributed by atoms with van der Waals surface area (Å²) in [6.45, 7) is 6.26. The molecule has 0 saturated heterocycles. The van der Waals surface area contributed by atoms with Gasteiger partial charge in [-0.25, -0.2) is 0 Å². The lowest BCUT2D eigenvalue weighted by Crippen LogP contribution is -2.46. The number of aliphatic hydroxyl groups excluding tert-OH is 2. The molecule has 0 saturated carbocycles. The monoisotopic (exact) mass is 728 g/mol. The number of hydrogen-bond acceptors (Lipinski definition) is 5. The lowest BCUT2D eigenvalue weighted by atomic mass is 10.0. The molecule has 0 aliphatic carbocycles. The van der Waals surface area contributed by atoms with Gasteiger partial charge in [0.1, 0.15) is 6.10 Å². The molecule has 3 N–H and O–H groups in total. The third-order valence-electron chi connectivity index (χ3n) is 9.39. The lowest BCUT2D eigenvalue weighted by molar-refractivity contribution is -0.148. The number of unbranched alkanes of at least 4 members (excludes halogenated alkanes) is 19. The topological polar surface area (TPSA) is 95.9 Å². The number of carbonyl (C=O) groups excluding carboxylic acids is 2. The first-order valence-corrected chi connectivity index (χ1v) is 21.6. The van der Waals surface area contributed by atoms with Gasteiger partial charge in [0.15, 0.2) is 0 Å². The second kappa shape index (κ2) is 39.8. The number of esters is 1. The van der Waals surface area contributed by atoms with Gasteiger partial charge in [-0.3, -0.25) is 9.59 Å². The van der Waals surface area contributed by atoms with Crippen LogP contribution >= 0.6 is 0 Å². The van der Waals surface area contributed by atoms with Crippen LogP contribution in [0.5, 0.6) is 0 Å². The first-order valence-electron chi connectivity index (χ1n) is 21.6. The Hall–Kier alpha value is -2.44. The molecule has 0 aromatic carbocycles. The Morgan fingerprint density at radius 2 is 1.15 bits per heavy atom. The predicted octanol–water partition coefficient (Wildman–Crippen LogP) is 12.1. The minimum absolute atomic E-state index is 0.0391. The zero-order chi connectivity index (χ0) is 38.2. The smallest absolute Gasteiger partial charge is 0.306 e. The summed E-state index contributed by atoms with van der Waals surface area (Å²) in [5.41, 5.74) is 0. The van der Waals surface area contributed by atoms with E-state index in [1.165, 1.54) is 77.0 Å². The third-order valence-corrected chi connectivity index (χ3v) is 9.39. The number of amides is 1. The van der Waals surface area contributed by atoms with Crippen LogP contribution in [0.15, 0.2) is 60.8 Å². The zero-order valence-electron chi connectivity index (χ0n) is 33.9. The maximum Gasteiger partial charge on any atom is 0.306 e. The molecule has 6 heteroatoms. The van der Waals surface area contributed by atoms with Gasteiger partial charge in [-0.05, 0) is 57.4 Å². The van der Waals surface area contributed by atoms with Gasteiger partial charge in [0.05, 0.1) is 25.2 Å². The molecule has 0 heterocycles. The molecule has 3 atom stereocenters. The highest BCUT2D eigenvalue weighted by atomic mass is 16.5. The summed E-state index contributed by atoms with van der Waals surface area (Å²) in [6.07, 6.45) is 47.4. The van der Waals surface area contributed by atoms with E-state index in [0.29, 0.717) is 19.3 Å². The number of ether oxygens (including phenoxy) is 1. The fourth-order valence-corrected chi connectivity index (χ4v) is 6.10. The molecule has 6 nitrogen and oxygen atoms in total. The summed E-state index contributed by atoms with van der Waals surface area (Å²) in [6, 6.07) is -0.735. The van der Waals surface area contributed by atoms with Crippen molar-refractivity contribution in [1.82, 2.24) is 5.32 Å². The molecule has 300 valence electrons. The van der Waals surface area contributed by atoms with Crippen molar-refractivity contribution in [3.8, 4) is 0 Å². The van der Waals surface area contributed by atoms with Crippen LogP contribution in [-0.4, -0.2) is 46.9 Å². The van der Waals surface area contributed by atoms with Crippen molar-refractivity contribution < 1.29 is 24.5 Å². The Labute approximate surface area is 320 Å². The Balaban J connectivity index is 4.75. The number of allylic oxidation sites excluding steroid dienone is 9. The van der Waals surface area contributed by atoms with Crippen LogP contribution in [0.2, 0.25) is 0 Å². The van der Waals surface area contributed by atoms with E-state index in [4.69, 9.17) is 4.74 Å². The second-order valence-corrected chi connectivity index (χ2v) is 14.4. The molecule has 52 heavy (non-hydrogen) atoms. The van der Waals surface area contributed by atoms with Crippen molar-refractivity contribution in [3.05, 3.63) is 60.8 Å². The van der Waals surface area contributed by atoms with E-state index in [0.717, 1.165) is 70.6 Å². The van der Waals surface area contributed by atoms with E-state index < -0.39 is 18.2 Å². The van der Waals surface area contributed by atoms with Gasteiger partial charge in [0.25, 0.3) is 0 Å². The molecule has 0 spiro atoms. The predicted molar refractivity (Wildman–Crippen MR) is 222 cm³/mol. The highest BCUT2D eigenvalue weighted by Crippen LogP contribution is 2.14. The molecule has 0 aromatic rings. The van der Waals surface area contributed by atoms with Crippen LogP contribution in [0.25, 0.3) is 0 Å².